The Bertz CT molecular complexity index is 3500. The Hall–Kier alpha value is -6.01. The van der Waals surface area contributed by atoms with Gasteiger partial charge >= 0.3 is 6.09 Å². The van der Waals surface area contributed by atoms with Gasteiger partial charge in [-0.15, -0.1) is 0 Å². The van der Waals surface area contributed by atoms with E-state index in [4.69, 9.17) is 14.0 Å². The van der Waals surface area contributed by atoms with Crippen LogP contribution in [0.4, 0.5) is 4.79 Å². The molecule has 4 heterocycles. The number of alkyl carbamates (subject to hydrolysis) is 1. The summed E-state index contributed by atoms with van der Waals surface area (Å²) in [6.45, 7) is 85.3. The number of ether oxygens (including phenoxy) is 2. The molecule has 0 spiro atoms. The van der Waals surface area contributed by atoms with E-state index in [1.165, 1.54) is 17.1 Å². The third-order valence-electron chi connectivity index (χ3n) is 15.9. The minimum atomic E-state index is -0.565. The molecule has 4 aromatic heterocycles. The Morgan fingerprint density at radius 2 is 0.908 bits per heavy atom. The van der Waals surface area contributed by atoms with Gasteiger partial charge in [-0.25, -0.2) is 9.78 Å². The molecule has 622 valence electrons. The molecule has 2 unspecified atom stereocenters. The number of carbonyl (C=O) groups excluding carboxylic acids is 7. The molecule has 0 bridgehead atoms. The fraction of sp³-hybridized carbons (Fsp3) is 0.747. The van der Waals surface area contributed by atoms with Crippen LogP contribution >= 0.6 is 11.5 Å². The lowest BCUT2D eigenvalue weighted by Crippen LogP contribution is -2.47. The van der Waals surface area contributed by atoms with Crippen molar-refractivity contribution >= 4 is 63.4 Å². The van der Waals surface area contributed by atoms with Gasteiger partial charge in [0.05, 0.1) is 38.9 Å². The third kappa shape index (κ3) is 45.3. The average Bonchev–Trinajstić information content (AvgIpc) is 1.66. The number of nitrogens with one attached hydrogen (secondary N) is 3. The van der Waals surface area contributed by atoms with Crippen molar-refractivity contribution in [1.29, 1.82) is 0 Å². The molecule has 0 radical (unpaired) electrons. The average molecular weight is 1540 g/mol. The largest absolute Gasteiger partial charge is 0.444 e. The van der Waals surface area contributed by atoms with Gasteiger partial charge in [-0.1, -0.05) is 267 Å². The fourth-order valence-corrected chi connectivity index (χ4v) is 11.6. The molecule has 0 aliphatic rings. The second kappa shape index (κ2) is 39.6. The molecule has 18 heteroatoms. The molecule has 3 N–H and O–H groups in total. The molecule has 109 heavy (non-hydrogen) atoms. The van der Waals surface area contributed by atoms with Crippen molar-refractivity contribution in [3.63, 3.8) is 0 Å². The second-order valence-corrected chi connectivity index (χ2v) is 46.2. The van der Waals surface area contributed by atoms with E-state index < -0.39 is 34.0 Å². The number of fused-ring (bicyclic) bond motifs is 1. The first-order chi connectivity index (χ1) is 48.2. The van der Waals surface area contributed by atoms with Crippen LogP contribution in [0.2, 0.25) is 0 Å². The quantitative estimate of drug-likeness (QED) is 0.0691. The summed E-state index contributed by atoms with van der Waals surface area (Å²) in [6, 6.07) is 11.3. The van der Waals surface area contributed by atoms with Crippen LogP contribution in [0.5, 0.6) is 0 Å². The van der Waals surface area contributed by atoms with E-state index in [9.17, 15) is 33.6 Å². The predicted octanol–water partition coefficient (Wildman–Crippen LogP) is 24.8. The Morgan fingerprint density at radius 3 is 1.32 bits per heavy atom. The maximum Gasteiger partial charge on any atom is 0.408 e. The Morgan fingerprint density at radius 1 is 0.459 bits per heavy atom. The van der Waals surface area contributed by atoms with E-state index >= 15 is 0 Å². The van der Waals surface area contributed by atoms with Crippen LogP contribution in [0, 0.1) is 65.0 Å². The van der Waals surface area contributed by atoms with Crippen molar-refractivity contribution in [1.82, 2.24) is 35.0 Å². The zero-order chi connectivity index (χ0) is 86.1. The molecule has 1 amide bonds. The van der Waals surface area contributed by atoms with Crippen LogP contribution in [0.3, 0.4) is 0 Å². The van der Waals surface area contributed by atoms with E-state index in [0.29, 0.717) is 29.1 Å². The summed E-state index contributed by atoms with van der Waals surface area (Å²) in [7, 11) is 0. The molecule has 0 aliphatic carbocycles. The van der Waals surface area contributed by atoms with Gasteiger partial charge in [0, 0.05) is 44.3 Å². The van der Waals surface area contributed by atoms with Gasteiger partial charge in [0.15, 0.2) is 29.0 Å². The number of benzene rings is 1. The summed E-state index contributed by atoms with van der Waals surface area (Å²) >= 11 is 1.33. The minimum Gasteiger partial charge on any atom is -0.444 e. The molecular formula is C91H157N7O10S. The summed E-state index contributed by atoms with van der Waals surface area (Å²) in [5.41, 5.74) is 4.71. The van der Waals surface area contributed by atoms with Crippen molar-refractivity contribution in [2.45, 2.75) is 378 Å². The highest BCUT2D eigenvalue weighted by Gasteiger charge is 2.36. The van der Waals surface area contributed by atoms with Crippen molar-refractivity contribution < 1.29 is 47.6 Å². The van der Waals surface area contributed by atoms with Crippen LogP contribution in [0.1, 0.15) is 393 Å². The SMILES string of the molecule is CC(C)(C)CCCC(NC(=O)OC(C)(C)C)C(=O)C(C)(C)C.CC(C)(C)CCCC(OC(C)(C)C)C(=O)C(C)(C)C.CC(C)(C)Cc1cc(C(=O)C(C)(C)C)n[nH]1.CC(C)(C)Cc1cc(C(=O)C(C)(C)C)on1.CC(C)(C)Cc1cc(C(=O)C(C)(C)C)sn1.CC(C)(C)Cc1ccc2nc(C(=O)C(C)(C)C)[nH]c2c1. The van der Waals surface area contributed by atoms with E-state index in [1.54, 1.807) is 6.07 Å². The van der Waals surface area contributed by atoms with E-state index in [0.717, 1.165) is 90.8 Å². The molecule has 5 rings (SSSR count). The lowest BCUT2D eigenvalue weighted by Gasteiger charge is -2.31. The molecular weight excluding hydrogens is 1380 g/mol. The number of carbonyl (C=O) groups is 7. The maximum absolute atomic E-state index is 12.6. The molecule has 0 saturated carbocycles. The number of imidazole rings is 1. The van der Waals surface area contributed by atoms with E-state index in [2.05, 4.69) is 172 Å². The maximum atomic E-state index is 12.6. The number of nitrogens with zero attached hydrogens (tertiary/aromatic N) is 4. The van der Waals surface area contributed by atoms with Crippen LogP contribution in [0.15, 0.2) is 40.9 Å². The molecule has 0 saturated heterocycles. The normalized spacial score (nSPS) is 13.6. The fourth-order valence-electron chi connectivity index (χ4n) is 10.6. The topological polar surface area (TPSA) is 246 Å². The first-order valence-corrected chi connectivity index (χ1v) is 40.4. The lowest BCUT2D eigenvalue weighted by molar-refractivity contribution is -0.148. The van der Waals surface area contributed by atoms with Gasteiger partial charge in [0.1, 0.15) is 17.4 Å². The first kappa shape index (κ1) is 103. The second-order valence-electron chi connectivity index (χ2n) is 45.4. The molecule has 0 fully saturated rings. The van der Waals surface area contributed by atoms with Gasteiger partial charge in [-0.05, 0) is 173 Å². The number of amides is 1. The van der Waals surface area contributed by atoms with Crippen molar-refractivity contribution in [2.75, 3.05) is 0 Å². The summed E-state index contributed by atoms with van der Waals surface area (Å²) in [6.07, 6.45) is 8.37. The van der Waals surface area contributed by atoms with Crippen molar-refractivity contribution in [2.24, 2.45) is 65.0 Å². The van der Waals surface area contributed by atoms with Crippen LogP contribution in [0.25, 0.3) is 11.0 Å². The van der Waals surface area contributed by atoms with Crippen LogP contribution in [-0.2, 0) is 44.7 Å². The highest BCUT2D eigenvalue weighted by atomic mass is 32.1. The van der Waals surface area contributed by atoms with E-state index in [1.807, 2.05) is 184 Å². The van der Waals surface area contributed by atoms with Crippen molar-refractivity contribution in [3.05, 3.63) is 81.2 Å². The highest BCUT2D eigenvalue weighted by molar-refractivity contribution is 7.08. The smallest absolute Gasteiger partial charge is 0.408 e. The Kier molecular flexibility index (Phi) is 37.5. The third-order valence-corrected chi connectivity index (χ3v) is 16.7. The highest BCUT2D eigenvalue weighted by Crippen LogP contribution is 2.33. The lowest BCUT2D eigenvalue weighted by atomic mass is 9.83. The van der Waals surface area contributed by atoms with Crippen molar-refractivity contribution in [3.8, 4) is 0 Å². The minimum absolute atomic E-state index is 0.000147. The Balaban J connectivity index is 0.00000129. The first-order valence-electron chi connectivity index (χ1n) is 39.6. The standard InChI is InChI=1S/C18H35NO3.C17H24N2O.C17H34O2.C13H22N2O.C13H21NO2.C13H21NOS/c1-16(2,3)12-10-11-13(14(20)17(4,5)6)19-15(21)22-18(7,8)9;1-16(2,3)10-11-7-8-12-13(9-11)19-15(18-12)14(20)17(4,5)6;1-15(2,3)12-10-11-13(19-17(7,8)9)14(18)16(4,5)6;1-12(2,3)8-9-7-10(15-14-9)11(16)13(4,5)6;2*1-12(2,3)8-9-7-10(16-14-9)11(15)13(4,5)6/h13H,10-12H2,1-9H3,(H,19,21);7-9H,10H2,1-6H3,(H,18,19);13H,10-12H2,1-9H3;7H,8H2,1-6H3,(H,14,15);2*7H,8H2,1-6H3. The van der Waals surface area contributed by atoms with Crippen LogP contribution in [-0.4, -0.2) is 93.8 Å². The number of rotatable bonds is 18. The number of hydrogen-bond acceptors (Lipinski definition) is 15. The number of hydrogen-bond donors (Lipinski definition) is 3. The molecule has 5 aromatic rings. The summed E-state index contributed by atoms with van der Waals surface area (Å²) in [5.74, 6) is 1.41. The number of aromatic nitrogens is 6. The van der Waals surface area contributed by atoms with Crippen LogP contribution < -0.4 is 5.32 Å². The Labute approximate surface area is 666 Å². The number of H-pyrrole nitrogens is 2. The van der Waals surface area contributed by atoms with Gasteiger partial charge in [0.25, 0.3) is 0 Å². The zero-order valence-electron chi connectivity index (χ0n) is 77.0. The number of aromatic amines is 2. The summed E-state index contributed by atoms with van der Waals surface area (Å²) < 4.78 is 20.7. The molecule has 17 nitrogen and oxygen atoms in total. The van der Waals surface area contributed by atoms with Gasteiger partial charge < -0.3 is 24.3 Å². The zero-order valence-corrected chi connectivity index (χ0v) is 77.8. The van der Waals surface area contributed by atoms with Gasteiger partial charge in [-0.2, -0.15) is 9.47 Å². The number of ketones is 6. The predicted molar refractivity (Wildman–Crippen MR) is 454 cm³/mol. The molecule has 0 aliphatic heterocycles. The molecule has 1 aromatic carbocycles. The van der Waals surface area contributed by atoms with Gasteiger partial charge in [-0.3, -0.25) is 33.9 Å². The van der Waals surface area contributed by atoms with E-state index in [-0.39, 0.29) is 89.7 Å². The monoisotopic (exact) mass is 1540 g/mol. The summed E-state index contributed by atoms with van der Waals surface area (Å²) in [4.78, 5) is 93.5. The number of Topliss-reactive ketones (excluding diaryl/α,β-unsaturated/α-hetero) is 6. The van der Waals surface area contributed by atoms with Gasteiger partial charge in [0.2, 0.25) is 17.3 Å². The molecule has 2 atom stereocenters. The summed E-state index contributed by atoms with van der Waals surface area (Å²) in [5, 5.41) is 13.7.